The molecule has 0 unspecified atom stereocenters. The maximum Gasteiger partial charge on any atom is 0.253 e. The Morgan fingerprint density at radius 2 is 2.07 bits per heavy atom. The third kappa shape index (κ3) is 2.37. The molecule has 5 nitrogen and oxygen atoms in total. The molecule has 0 bridgehead atoms. The molecule has 5 heteroatoms. The molecule has 80 valence electrons. The van der Waals surface area contributed by atoms with Crippen LogP contribution >= 0.6 is 0 Å². The molecule has 0 saturated carbocycles. The van der Waals surface area contributed by atoms with Crippen molar-refractivity contribution in [3.05, 3.63) is 29.2 Å². The predicted octanol–water partition coefficient (Wildman–Crippen LogP) is 1.39. The Morgan fingerprint density at radius 1 is 1.33 bits per heavy atom. The molecule has 0 aliphatic carbocycles. The SMILES string of the molecule is Nc1cccc(N[N+](=O)N2CCCC2)c1. The van der Waals surface area contributed by atoms with Gasteiger partial charge in [-0.15, -0.1) is 5.01 Å². The van der Waals surface area contributed by atoms with E-state index in [9.17, 15) is 4.91 Å². The highest BCUT2D eigenvalue weighted by Gasteiger charge is 2.24. The second kappa shape index (κ2) is 4.16. The molecule has 0 spiro atoms. The summed E-state index contributed by atoms with van der Waals surface area (Å²) in [7, 11) is 0. The summed E-state index contributed by atoms with van der Waals surface area (Å²) in [6.07, 6.45) is 2.16. The van der Waals surface area contributed by atoms with Gasteiger partial charge in [-0.2, -0.15) is 0 Å². The molecule has 1 saturated heterocycles. The van der Waals surface area contributed by atoms with Gasteiger partial charge in [0.1, 0.15) is 5.69 Å². The summed E-state index contributed by atoms with van der Waals surface area (Å²) in [5, 5.41) is 1.74. The average molecular weight is 207 g/mol. The highest BCUT2D eigenvalue weighted by Crippen LogP contribution is 2.13. The maximum atomic E-state index is 11.6. The first kappa shape index (κ1) is 9.76. The van der Waals surface area contributed by atoms with Crippen LogP contribution in [-0.4, -0.2) is 23.1 Å². The Hall–Kier alpha value is -1.78. The molecule has 1 aromatic rings. The van der Waals surface area contributed by atoms with Gasteiger partial charge in [-0.25, -0.2) is 0 Å². The topological polar surface area (TPSA) is 61.4 Å². The van der Waals surface area contributed by atoms with Crippen molar-refractivity contribution in [3.63, 3.8) is 0 Å². The van der Waals surface area contributed by atoms with Crippen LogP contribution < -0.4 is 11.2 Å². The first-order chi connectivity index (χ1) is 7.25. The van der Waals surface area contributed by atoms with Crippen LogP contribution in [0.4, 0.5) is 11.4 Å². The summed E-state index contributed by atoms with van der Waals surface area (Å²) < 4.78 is 0. The van der Waals surface area contributed by atoms with E-state index in [1.165, 1.54) is 0 Å². The Balaban J connectivity index is 1.99. The minimum absolute atomic E-state index is 0.648. The Kier molecular flexibility index (Phi) is 2.71. The van der Waals surface area contributed by atoms with Crippen LogP contribution in [0.3, 0.4) is 0 Å². The van der Waals surface area contributed by atoms with Crippen molar-refractivity contribution in [3.8, 4) is 0 Å². The Morgan fingerprint density at radius 3 is 2.73 bits per heavy atom. The molecule has 3 N–H and O–H groups in total. The summed E-state index contributed by atoms with van der Waals surface area (Å²) in [6.45, 7) is 1.64. The minimum atomic E-state index is 0.648. The molecule has 15 heavy (non-hydrogen) atoms. The highest BCUT2D eigenvalue weighted by atomic mass is 16.4. The van der Waals surface area contributed by atoms with E-state index in [0.29, 0.717) is 5.69 Å². The van der Waals surface area contributed by atoms with Crippen molar-refractivity contribution < 1.29 is 4.98 Å². The molecular formula is C10H15N4O+. The average Bonchev–Trinajstić information content (AvgIpc) is 2.70. The normalized spacial score (nSPS) is 15.3. The van der Waals surface area contributed by atoms with Crippen molar-refractivity contribution in [1.29, 1.82) is 0 Å². The fourth-order valence-electron chi connectivity index (χ4n) is 1.67. The number of anilines is 2. The molecule has 1 fully saturated rings. The van der Waals surface area contributed by atoms with E-state index in [1.807, 2.05) is 12.1 Å². The Labute approximate surface area is 88.4 Å². The largest absolute Gasteiger partial charge is 0.399 e. The van der Waals surface area contributed by atoms with Crippen LogP contribution in [0.5, 0.6) is 0 Å². The van der Waals surface area contributed by atoms with Gasteiger partial charge in [-0.3, -0.25) is 0 Å². The van der Waals surface area contributed by atoms with Crippen LogP contribution in [0, 0.1) is 4.91 Å². The zero-order valence-electron chi connectivity index (χ0n) is 8.52. The van der Waals surface area contributed by atoms with Gasteiger partial charge in [0.25, 0.3) is 4.98 Å². The molecule has 1 aliphatic heterocycles. The van der Waals surface area contributed by atoms with Gasteiger partial charge >= 0.3 is 0 Å². The third-order valence-corrected chi connectivity index (χ3v) is 2.45. The predicted molar refractivity (Wildman–Crippen MR) is 58.9 cm³/mol. The standard InChI is InChI=1S/C10H15N4O/c11-9-4-3-5-10(8-9)12-14(15)13-6-1-2-7-13/h3-5,8H,1-2,6-7,11H2,(H,12,15)/q+1. The van der Waals surface area contributed by atoms with Gasteiger partial charge in [-0.1, -0.05) is 11.5 Å². The zero-order valence-corrected chi connectivity index (χ0v) is 8.52. The first-order valence-corrected chi connectivity index (χ1v) is 5.10. The number of rotatable bonds is 3. The van der Waals surface area contributed by atoms with Crippen LogP contribution in [0.15, 0.2) is 24.3 Å². The van der Waals surface area contributed by atoms with Crippen molar-refractivity contribution in [2.24, 2.45) is 0 Å². The molecular weight excluding hydrogens is 192 g/mol. The zero-order chi connectivity index (χ0) is 10.7. The number of hydrogen-bond acceptors (Lipinski definition) is 2. The quantitative estimate of drug-likeness (QED) is 0.446. The summed E-state index contributed by atoms with van der Waals surface area (Å²) >= 11 is 0. The maximum absolute atomic E-state index is 11.6. The second-order valence-corrected chi connectivity index (χ2v) is 3.67. The number of nitrogens with two attached hydrogens (primary N) is 1. The molecule has 0 aromatic heterocycles. The molecule has 1 aromatic carbocycles. The number of nitroso groups, excluding NO2 is 1. The fourth-order valence-corrected chi connectivity index (χ4v) is 1.67. The van der Waals surface area contributed by atoms with Gasteiger partial charge in [0, 0.05) is 5.69 Å². The second-order valence-electron chi connectivity index (χ2n) is 3.67. The lowest BCUT2D eigenvalue weighted by Gasteiger charge is -2.05. The van der Waals surface area contributed by atoms with Crippen molar-refractivity contribution in [1.82, 2.24) is 5.01 Å². The van der Waals surface area contributed by atoms with E-state index in [0.717, 1.165) is 36.6 Å². The molecule has 0 atom stereocenters. The third-order valence-electron chi connectivity index (χ3n) is 2.45. The van der Waals surface area contributed by atoms with Gasteiger partial charge in [0.2, 0.25) is 0 Å². The van der Waals surface area contributed by atoms with Crippen LogP contribution in [0.25, 0.3) is 0 Å². The lowest BCUT2D eigenvalue weighted by molar-refractivity contribution is -0.680. The van der Waals surface area contributed by atoms with Crippen molar-refractivity contribution in [2.45, 2.75) is 12.8 Å². The van der Waals surface area contributed by atoms with Gasteiger partial charge < -0.3 is 5.73 Å². The van der Waals surface area contributed by atoms with Gasteiger partial charge in [-0.05, 0) is 31.0 Å². The summed E-state index contributed by atoms with van der Waals surface area (Å²) in [5.41, 5.74) is 9.73. The van der Waals surface area contributed by atoms with E-state index >= 15 is 0 Å². The first-order valence-electron chi connectivity index (χ1n) is 5.10. The van der Waals surface area contributed by atoms with Gasteiger partial charge in [0.15, 0.2) is 0 Å². The number of hydrogen-bond donors (Lipinski definition) is 2. The summed E-state index contributed by atoms with van der Waals surface area (Å²) in [4.78, 5) is 12.4. The molecule has 1 heterocycles. The van der Waals surface area contributed by atoms with Gasteiger partial charge in [0.05, 0.1) is 18.0 Å². The van der Waals surface area contributed by atoms with Crippen LogP contribution in [0.1, 0.15) is 12.8 Å². The van der Waals surface area contributed by atoms with E-state index < -0.39 is 0 Å². The lowest BCUT2D eigenvalue weighted by Crippen LogP contribution is -2.34. The lowest BCUT2D eigenvalue weighted by atomic mass is 10.3. The van der Waals surface area contributed by atoms with Crippen LogP contribution in [0.2, 0.25) is 0 Å². The minimum Gasteiger partial charge on any atom is -0.399 e. The summed E-state index contributed by atoms with van der Waals surface area (Å²) in [6, 6.07) is 7.16. The van der Waals surface area contributed by atoms with E-state index in [2.05, 4.69) is 5.43 Å². The molecule has 1 aliphatic rings. The number of benzene rings is 1. The van der Waals surface area contributed by atoms with Crippen molar-refractivity contribution >= 4 is 11.4 Å². The molecule has 0 amide bonds. The number of nitrogens with one attached hydrogen (secondary N) is 1. The van der Waals surface area contributed by atoms with E-state index in [1.54, 1.807) is 17.1 Å². The molecule has 0 radical (unpaired) electrons. The van der Waals surface area contributed by atoms with E-state index in [-0.39, 0.29) is 0 Å². The van der Waals surface area contributed by atoms with Crippen LogP contribution in [-0.2, 0) is 0 Å². The molecule has 2 rings (SSSR count). The van der Waals surface area contributed by atoms with Crippen molar-refractivity contribution in [2.75, 3.05) is 24.2 Å². The van der Waals surface area contributed by atoms with E-state index in [4.69, 9.17) is 5.73 Å². The smallest absolute Gasteiger partial charge is 0.253 e. The Bertz CT molecular complexity index is 360. The number of hydrazine groups is 2. The number of nitrogen functional groups attached to an aromatic ring is 1. The summed E-state index contributed by atoms with van der Waals surface area (Å²) in [5.74, 6) is 0. The fraction of sp³-hybridized carbons (Fsp3) is 0.400. The monoisotopic (exact) mass is 207 g/mol. The number of nitrogens with zero attached hydrogens (tertiary/aromatic N) is 2. The highest BCUT2D eigenvalue weighted by molar-refractivity contribution is 5.52.